The largest absolute Gasteiger partial charge is 0.487 e. The number of nitrogens with zero attached hydrogens (tertiary/aromatic N) is 4. The molecule has 0 aromatic carbocycles. The average molecular weight is 342 g/mol. The summed E-state index contributed by atoms with van der Waals surface area (Å²) in [7, 11) is 0. The molecule has 0 bridgehead atoms. The van der Waals surface area contributed by atoms with Crippen LogP contribution >= 0.6 is 23.5 Å². The van der Waals surface area contributed by atoms with Gasteiger partial charge in [-0.15, -0.1) is 10.2 Å². The second-order valence-electron chi connectivity index (χ2n) is 4.63. The molecule has 1 aliphatic heterocycles. The van der Waals surface area contributed by atoms with Crippen LogP contribution in [-0.2, 0) is 4.74 Å². The van der Waals surface area contributed by atoms with Crippen molar-refractivity contribution in [2.24, 2.45) is 0 Å². The number of aromatic nitrogens is 4. The molecule has 2 aromatic rings. The fraction of sp³-hybridized carbons (Fsp3) is 0.462. The van der Waals surface area contributed by atoms with E-state index in [0.717, 1.165) is 5.56 Å². The van der Waals surface area contributed by atoms with E-state index >= 15 is 0 Å². The predicted octanol–water partition coefficient (Wildman–Crippen LogP) is 2.65. The maximum atomic E-state index is 6.16. The molecule has 2 aromatic heterocycles. The van der Waals surface area contributed by atoms with Crippen LogP contribution < -0.4 is 9.46 Å². The minimum absolute atomic E-state index is 0.0527. The zero-order valence-corrected chi connectivity index (χ0v) is 13.8. The van der Waals surface area contributed by atoms with E-state index in [0.29, 0.717) is 42.5 Å². The number of ether oxygens (including phenoxy) is 2. The maximum Gasteiger partial charge on any atom is 0.235 e. The van der Waals surface area contributed by atoms with Crippen LogP contribution in [0, 0.1) is 0 Å². The molecule has 9 heteroatoms. The highest BCUT2D eigenvalue weighted by Crippen LogP contribution is 2.39. The monoisotopic (exact) mass is 341 g/mol. The summed E-state index contributed by atoms with van der Waals surface area (Å²) >= 11 is 7.61. The zero-order chi connectivity index (χ0) is 15.5. The Bertz CT molecular complexity index is 666. The molecule has 1 atom stereocenters. The highest BCUT2D eigenvalue weighted by atomic mass is 35.5. The van der Waals surface area contributed by atoms with Crippen molar-refractivity contribution in [1.29, 1.82) is 0 Å². The third kappa shape index (κ3) is 2.73. The van der Waals surface area contributed by atoms with Gasteiger partial charge in [0.25, 0.3) is 0 Å². The number of rotatable bonds is 5. The van der Waals surface area contributed by atoms with E-state index < -0.39 is 0 Å². The van der Waals surface area contributed by atoms with E-state index in [1.807, 2.05) is 23.8 Å². The molecule has 0 radical (unpaired) electrons. The summed E-state index contributed by atoms with van der Waals surface area (Å²) in [6, 6.07) is 1.77. The van der Waals surface area contributed by atoms with Crippen LogP contribution in [0.4, 0.5) is 5.95 Å². The van der Waals surface area contributed by atoms with Gasteiger partial charge >= 0.3 is 0 Å². The van der Waals surface area contributed by atoms with Gasteiger partial charge in [0.05, 0.1) is 18.2 Å². The normalized spacial score (nSPS) is 16.4. The van der Waals surface area contributed by atoms with Gasteiger partial charge in [-0.3, -0.25) is 9.29 Å². The van der Waals surface area contributed by atoms with Crippen LogP contribution in [0.25, 0.3) is 11.4 Å². The summed E-state index contributed by atoms with van der Waals surface area (Å²) in [6.07, 6.45) is 3.56. The van der Waals surface area contributed by atoms with Crippen molar-refractivity contribution in [3.8, 4) is 17.1 Å². The average Bonchev–Trinajstić information content (AvgIpc) is 2.85. The van der Waals surface area contributed by atoms with Gasteiger partial charge in [0.1, 0.15) is 6.61 Å². The van der Waals surface area contributed by atoms with E-state index in [2.05, 4.69) is 19.9 Å². The van der Waals surface area contributed by atoms with E-state index in [-0.39, 0.29) is 6.04 Å². The van der Waals surface area contributed by atoms with Crippen molar-refractivity contribution in [1.82, 2.24) is 19.7 Å². The highest BCUT2D eigenvalue weighted by Gasteiger charge is 2.29. The SMILES string of the molecule is CCOCC1COc2c(ccnc2Cl)-c2nnc(NSC)n21. The molecule has 7 nitrogen and oxygen atoms in total. The number of hydrogen-bond acceptors (Lipinski definition) is 7. The van der Waals surface area contributed by atoms with Crippen LogP contribution in [-0.4, -0.2) is 45.8 Å². The fourth-order valence-corrected chi connectivity index (χ4v) is 2.88. The Morgan fingerprint density at radius 2 is 2.41 bits per heavy atom. The van der Waals surface area contributed by atoms with Gasteiger partial charge in [0.2, 0.25) is 5.95 Å². The second-order valence-corrected chi connectivity index (χ2v) is 5.60. The van der Waals surface area contributed by atoms with Crippen LogP contribution in [0.15, 0.2) is 12.3 Å². The Kier molecular flexibility index (Phi) is 4.70. The standard InChI is InChI=1S/C13H16ClN5O2S/c1-3-20-6-8-7-21-10-9(4-5-15-11(10)14)12-16-17-13(18-22-2)19(8)12/h4-5,8H,3,6-7H2,1-2H3,(H,17,18). The number of anilines is 1. The van der Waals surface area contributed by atoms with Gasteiger partial charge in [-0.2, -0.15) is 0 Å². The molecule has 1 N–H and O–H groups in total. The molecule has 22 heavy (non-hydrogen) atoms. The van der Waals surface area contributed by atoms with Crippen LogP contribution in [0.3, 0.4) is 0 Å². The van der Waals surface area contributed by atoms with Crippen LogP contribution in [0.2, 0.25) is 5.15 Å². The first-order valence-corrected chi connectivity index (χ1v) is 8.45. The van der Waals surface area contributed by atoms with Gasteiger partial charge < -0.3 is 9.47 Å². The summed E-state index contributed by atoms with van der Waals surface area (Å²) in [4.78, 5) is 4.07. The summed E-state index contributed by atoms with van der Waals surface area (Å²) in [5.41, 5.74) is 0.778. The minimum atomic E-state index is -0.0527. The van der Waals surface area contributed by atoms with Crippen LogP contribution in [0.5, 0.6) is 5.75 Å². The maximum absolute atomic E-state index is 6.16. The first-order chi connectivity index (χ1) is 10.8. The number of halogens is 1. The topological polar surface area (TPSA) is 74.1 Å². The molecule has 0 spiro atoms. The smallest absolute Gasteiger partial charge is 0.235 e. The summed E-state index contributed by atoms with van der Waals surface area (Å²) in [6.45, 7) is 3.51. The molecular formula is C13H16ClN5O2S. The van der Waals surface area contributed by atoms with Gasteiger partial charge in [-0.05, 0) is 13.0 Å². The van der Waals surface area contributed by atoms with Crippen molar-refractivity contribution in [2.45, 2.75) is 13.0 Å². The van der Waals surface area contributed by atoms with Crippen LogP contribution in [0.1, 0.15) is 13.0 Å². The molecule has 118 valence electrons. The summed E-state index contributed by atoms with van der Waals surface area (Å²) in [5.74, 6) is 1.89. The van der Waals surface area contributed by atoms with E-state index in [9.17, 15) is 0 Å². The third-order valence-corrected chi connectivity index (χ3v) is 3.95. The number of nitrogens with one attached hydrogen (secondary N) is 1. The number of pyridine rings is 1. The molecule has 0 saturated carbocycles. The van der Waals surface area contributed by atoms with Gasteiger partial charge in [-0.25, -0.2) is 4.98 Å². The first kappa shape index (κ1) is 15.4. The molecule has 1 aliphatic rings. The van der Waals surface area contributed by atoms with Crippen molar-refractivity contribution in [2.75, 3.05) is 30.8 Å². The van der Waals surface area contributed by atoms with Crippen molar-refractivity contribution >= 4 is 29.5 Å². The van der Waals surface area contributed by atoms with Gasteiger partial charge in [0, 0.05) is 19.1 Å². The summed E-state index contributed by atoms with van der Waals surface area (Å²) in [5, 5.41) is 8.84. The quantitative estimate of drug-likeness (QED) is 0.662. The molecule has 0 saturated heterocycles. The Hall–Kier alpha value is -1.51. The zero-order valence-electron chi connectivity index (χ0n) is 12.2. The lowest BCUT2D eigenvalue weighted by atomic mass is 10.2. The Morgan fingerprint density at radius 3 is 3.18 bits per heavy atom. The number of fused-ring (bicyclic) bond motifs is 3. The molecule has 1 unspecified atom stereocenters. The minimum Gasteiger partial charge on any atom is -0.487 e. The highest BCUT2D eigenvalue weighted by molar-refractivity contribution is 7.99. The molecule has 3 heterocycles. The number of hydrogen-bond donors (Lipinski definition) is 1. The molecular weight excluding hydrogens is 326 g/mol. The van der Waals surface area contributed by atoms with Crippen molar-refractivity contribution in [3.05, 3.63) is 17.4 Å². The Labute approximate surface area is 137 Å². The third-order valence-electron chi connectivity index (χ3n) is 3.29. The Morgan fingerprint density at radius 1 is 1.55 bits per heavy atom. The Balaban J connectivity index is 2.10. The molecule has 0 fully saturated rings. The molecule has 0 amide bonds. The van der Waals surface area contributed by atoms with E-state index in [4.69, 9.17) is 21.1 Å². The van der Waals surface area contributed by atoms with Gasteiger partial charge in [-0.1, -0.05) is 23.5 Å². The van der Waals surface area contributed by atoms with E-state index in [1.165, 1.54) is 11.9 Å². The van der Waals surface area contributed by atoms with E-state index in [1.54, 1.807) is 6.20 Å². The second kappa shape index (κ2) is 6.72. The van der Waals surface area contributed by atoms with Crippen molar-refractivity contribution < 1.29 is 9.47 Å². The fourth-order valence-electron chi connectivity index (χ4n) is 2.35. The van der Waals surface area contributed by atoms with Crippen molar-refractivity contribution in [3.63, 3.8) is 0 Å². The predicted molar refractivity (Wildman–Crippen MR) is 86.4 cm³/mol. The lowest BCUT2D eigenvalue weighted by Crippen LogP contribution is -2.22. The first-order valence-electron chi connectivity index (χ1n) is 6.85. The summed E-state index contributed by atoms with van der Waals surface area (Å²) < 4.78 is 16.6. The van der Waals surface area contributed by atoms with Gasteiger partial charge in [0.15, 0.2) is 16.7 Å². The molecule has 3 rings (SSSR count). The lowest BCUT2D eigenvalue weighted by Gasteiger charge is -2.19. The molecule has 0 aliphatic carbocycles. The lowest BCUT2D eigenvalue weighted by molar-refractivity contribution is 0.0937.